The van der Waals surface area contributed by atoms with Crippen molar-refractivity contribution in [2.45, 2.75) is 49.3 Å². The lowest BCUT2D eigenvalue weighted by Crippen LogP contribution is -2.44. The van der Waals surface area contributed by atoms with Crippen LogP contribution in [0, 0.1) is 0 Å². The number of amides is 1. The van der Waals surface area contributed by atoms with Gasteiger partial charge in [-0.3, -0.25) is 4.79 Å². The lowest BCUT2D eigenvalue weighted by Gasteiger charge is -2.35. The van der Waals surface area contributed by atoms with Crippen LogP contribution in [0.15, 0.2) is 16.3 Å². The van der Waals surface area contributed by atoms with Crippen LogP contribution < -0.4 is 0 Å². The Morgan fingerprint density at radius 1 is 1.45 bits per heavy atom. The summed E-state index contributed by atoms with van der Waals surface area (Å²) in [6.07, 6.45) is 4.52. The monoisotopic (exact) mass is 335 g/mol. The Morgan fingerprint density at radius 3 is 2.80 bits per heavy atom. The molecule has 0 spiro atoms. The van der Waals surface area contributed by atoms with E-state index in [0.29, 0.717) is 6.04 Å². The van der Waals surface area contributed by atoms with Crippen LogP contribution in [0.5, 0.6) is 0 Å². The van der Waals surface area contributed by atoms with Gasteiger partial charge in [-0.15, -0.1) is 11.3 Å². The van der Waals surface area contributed by atoms with E-state index in [1.807, 2.05) is 4.90 Å². The van der Waals surface area contributed by atoms with Crippen LogP contribution >= 0.6 is 22.0 Å². The average molecular weight is 336 g/mol. The second-order valence-corrected chi connectivity index (χ2v) is 8.94. The lowest BCUT2D eigenvalue weighted by molar-refractivity contribution is -0.134. The van der Waals surface area contributed by atoms with Crippen molar-refractivity contribution in [3.63, 3.8) is 0 Å². The van der Waals surface area contributed by atoms with Crippen molar-refractivity contribution in [1.29, 1.82) is 0 Å². The summed E-state index contributed by atoms with van der Waals surface area (Å²) in [6, 6.07) is 3.46. The molecule has 1 saturated heterocycles. The van der Waals surface area contributed by atoms with Gasteiger partial charge in [0, 0.05) is 28.1 Å². The smallest absolute Gasteiger partial charge is 0.270 e. The minimum atomic E-state index is -3.69. The fourth-order valence-corrected chi connectivity index (χ4v) is 4.70. The maximum atomic E-state index is 12.3. The molecule has 0 bridgehead atoms. The third kappa shape index (κ3) is 3.74. The number of rotatable bonds is 4. The zero-order valence-corrected chi connectivity index (χ0v) is 13.7. The van der Waals surface area contributed by atoms with Gasteiger partial charge < -0.3 is 4.90 Å². The molecule has 2 heterocycles. The number of likely N-dealkylation sites (tertiary alicyclic amines) is 1. The highest BCUT2D eigenvalue weighted by Gasteiger charge is 2.25. The average Bonchev–Trinajstić information content (AvgIpc) is 2.87. The fourth-order valence-electron chi connectivity index (χ4n) is 2.59. The van der Waals surface area contributed by atoms with Gasteiger partial charge in [0.2, 0.25) is 5.91 Å². The summed E-state index contributed by atoms with van der Waals surface area (Å²) in [4.78, 5) is 15.0. The molecule has 1 aliphatic rings. The van der Waals surface area contributed by atoms with Crippen LogP contribution in [-0.2, 0) is 20.3 Å². The molecule has 1 amide bonds. The summed E-state index contributed by atoms with van der Waals surface area (Å²) in [5, 5.41) is 0. The van der Waals surface area contributed by atoms with Gasteiger partial charge in [-0.05, 0) is 37.8 Å². The summed E-state index contributed by atoms with van der Waals surface area (Å²) in [6.45, 7) is 2.91. The molecule has 1 fully saturated rings. The van der Waals surface area contributed by atoms with E-state index in [2.05, 4.69) is 6.92 Å². The highest BCUT2D eigenvalue weighted by molar-refractivity contribution is 8.15. The second kappa shape index (κ2) is 6.45. The van der Waals surface area contributed by atoms with Gasteiger partial charge in [0.15, 0.2) is 0 Å². The molecule has 1 aromatic heterocycles. The first-order valence-electron chi connectivity index (χ1n) is 6.74. The minimum absolute atomic E-state index is 0.0805. The molecule has 0 N–H and O–H groups in total. The molecule has 1 atom stereocenters. The molecule has 7 heteroatoms. The summed E-state index contributed by atoms with van der Waals surface area (Å²) in [5.41, 5.74) is 0. The van der Waals surface area contributed by atoms with Crippen molar-refractivity contribution in [2.24, 2.45) is 0 Å². The first-order valence-corrected chi connectivity index (χ1v) is 9.87. The minimum Gasteiger partial charge on any atom is -0.339 e. The number of hydrogen-bond donors (Lipinski definition) is 0. The Kier molecular flexibility index (Phi) is 5.09. The molecular formula is C13H18ClNO3S2. The van der Waals surface area contributed by atoms with E-state index >= 15 is 0 Å². The SMILES string of the molecule is CCC1CCCCN1C(=O)Cc1ccc(S(=O)(=O)Cl)s1. The highest BCUT2D eigenvalue weighted by atomic mass is 35.7. The number of hydrogen-bond acceptors (Lipinski definition) is 4. The number of piperidine rings is 1. The van der Waals surface area contributed by atoms with Gasteiger partial charge in [0.1, 0.15) is 4.21 Å². The van der Waals surface area contributed by atoms with Crippen molar-refractivity contribution in [3.05, 3.63) is 17.0 Å². The van der Waals surface area contributed by atoms with E-state index in [0.717, 1.165) is 42.0 Å². The number of carbonyl (C=O) groups excluding carboxylic acids is 1. The molecule has 0 aliphatic carbocycles. The van der Waals surface area contributed by atoms with E-state index < -0.39 is 9.05 Å². The van der Waals surface area contributed by atoms with Crippen LogP contribution in [0.25, 0.3) is 0 Å². The van der Waals surface area contributed by atoms with E-state index in [1.165, 1.54) is 12.5 Å². The Balaban J connectivity index is 2.05. The Morgan fingerprint density at radius 2 is 2.20 bits per heavy atom. The topological polar surface area (TPSA) is 54.5 Å². The molecule has 1 aromatic rings. The highest BCUT2D eigenvalue weighted by Crippen LogP contribution is 2.26. The predicted octanol–water partition coefficient (Wildman–Crippen LogP) is 3.01. The molecule has 1 unspecified atom stereocenters. The van der Waals surface area contributed by atoms with E-state index in [4.69, 9.17) is 10.7 Å². The first kappa shape index (κ1) is 15.8. The van der Waals surface area contributed by atoms with Gasteiger partial charge in [-0.1, -0.05) is 6.92 Å². The number of carbonyl (C=O) groups is 1. The fraction of sp³-hybridized carbons (Fsp3) is 0.615. The third-order valence-corrected chi connectivity index (χ3v) is 6.80. The largest absolute Gasteiger partial charge is 0.339 e. The standard InChI is InChI=1S/C13H18ClNO3S2/c1-2-10-5-3-4-8-15(10)12(16)9-11-6-7-13(19-11)20(14,17)18/h6-7,10H,2-5,8-9H2,1H3. The molecule has 0 radical (unpaired) electrons. The predicted molar refractivity (Wildman–Crippen MR) is 80.7 cm³/mol. The van der Waals surface area contributed by atoms with Crippen molar-refractivity contribution in [1.82, 2.24) is 4.90 Å². The summed E-state index contributed by atoms with van der Waals surface area (Å²) >= 11 is 1.07. The van der Waals surface area contributed by atoms with Crippen LogP contribution in [0.1, 0.15) is 37.5 Å². The van der Waals surface area contributed by atoms with Gasteiger partial charge >= 0.3 is 0 Å². The van der Waals surface area contributed by atoms with Crippen molar-refractivity contribution in [2.75, 3.05) is 6.54 Å². The maximum absolute atomic E-state index is 12.3. The Labute approximate surface area is 128 Å². The summed E-state index contributed by atoms with van der Waals surface area (Å²) < 4.78 is 22.5. The van der Waals surface area contributed by atoms with Crippen molar-refractivity contribution < 1.29 is 13.2 Å². The number of halogens is 1. The maximum Gasteiger partial charge on any atom is 0.270 e. The van der Waals surface area contributed by atoms with Crippen LogP contribution in [-0.4, -0.2) is 31.8 Å². The van der Waals surface area contributed by atoms with Crippen molar-refractivity contribution in [3.8, 4) is 0 Å². The Bertz CT molecular complexity index is 582. The number of thiophene rings is 1. The molecular weight excluding hydrogens is 318 g/mol. The number of nitrogens with zero attached hydrogens (tertiary/aromatic N) is 1. The van der Waals surface area contributed by atoms with Gasteiger partial charge in [-0.25, -0.2) is 8.42 Å². The van der Waals surface area contributed by atoms with E-state index in [9.17, 15) is 13.2 Å². The van der Waals surface area contributed by atoms with Gasteiger partial charge in [-0.2, -0.15) is 0 Å². The molecule has 0 aromatic carbocycles. The van der Waals surface area contributed by atoms with Crippen LogP contribution in [0.3, 0.4) is 0 Å². The summed E-state index contributed by atoms with van der Waals surface area (Å²) in [5.74, 6) is 0.0805. The van der Waals surface area contributed by atoms with Gasteiger partial charge in [0.25, 0.3) is 9.05 Å². The van der Waals surface area contributed by atoms with Gasteiger partial charge in [0.05, 0.1) is 6.42 Å². The molecule has 4 nitrogen and oxygen atoms in total. The zero-order valence-electron chi connectivity index (χ0n) is 11.3. The van der Waals surface area contributed by atoms with E-state index in [-0.39, 0.29) is 16.5 Å². The summed E-state index contributed by atoms with van der Waals surface area (Å²) in [7, 11) is 1.60. The Hall–Kier alpha value is -0.590. The molecule has 0 saturated carbocycles. The quantitative estimate of drug-likeness (QED) is 0.795. The molecule has 1 aliphatic heterocycles. The first-order chi connectivity index (χ1) is 9.41. The normalized spacial score (nSPS) is 20.1. The zero-order chi connectivity index (χ0) is 14.8. The van der Waals surface area contributed by atoms with Crippen LogP contribution in [0.4, 0.5) is 0 Å². The molecule has 20 heavy (non-hydrogen) atoms. The van der Waals surface area contributed by atoms with Crippen LogP contribution in [0.2, 0.25) is 0 Å². The second-order valence-electron chi connectivity index (χ2n) is 4.98. The molecule has 112 valence electrons. The van der Waals surface area contributed by atoms with Crippen molar-refractivity contribution >= 4 is 37.0 Å². The molecule has 2 rings (SSSR count). The third-order valence-electron chi connectivity index (χ3n) is 3.62. The van der Waals surface area contributed by atoms with E-state index in [1.54, 1.807) is 6.07 Å². The lowest BCUT2D eigenvalue weighted by atomic mass is 9.99.